The molecule has 32 heavy (non-hydrogen) atoms. The summed E-state index contributed by atoms with van der Waals surface area (Å²) in [6.45, 7) is 0.0149. The van der Waals surface area contributed by atoms with Crippen LogP contribution in [0.15, 0.2) is 77.8 Å². The average Bonchev–Trinajstić information content (AvgIpc) is 3.26. The number of aliphatic carboxylic acids is 1. The van der Waals surface area contributed by atoms with Gasteiger partial charge >= 0.3 is 5.97 Å². The lowest BCUT2D eigenvalue weighted by Gasteiger charge is -2.09. The highest BCUT2D eigenvalue weighted by Gasteiger charge is 2.36. The number of thioether (sulfide) groups is 1. The number of carboxylic acids is 1. The zero-order chi connectivity index (χ0) is 22.2. The maximum Gasteiger partial charge on any atom is 0.323 e. The lowest BCUT2D eigenvalue weighted by Crippen LogP contribution is -2.33. The van der Waals surface area contributed by atoms with E-state index in [9.17, 15) is 14.4 Å². The predicted octanol–water partition coefficient (Wildman–Crippen LogP) is 4.96. The van der Waals surface area contributed by atoms with Crippen molar-refractivity contribution in [2.45, 2.75) is 6.54 Å². The van der Waals surface area contributed by atoms with Crippen LogP contribution in [-0.4, -0.2) is 38.2 Å². The Hall–Kier alpha value is -3.84. The van der Waals surface area contributed by atoms with Gasteiger partial charge in [0.2, 0.25) is 0 Å². The molecule has 0 spiro atoms. The largest absolute Gasteiger partial charge is 0.480 e. The van der Waals surface area contributed by atoms with Crippen molar-refractivity contribution in [3.05, 3.63) is 89.0 Å². The van der Waals surface area contributed by atoms with Crippen LogP contribution in [0, 0.1) is 0 Å². The van der Waals surface area contributed by atoms with Crippen molar-refractivity contribution in [2.75, 3.05) is 6.54 Å². The highest BCUT2D eigenvalue weighted by molar-refractivity contribution is 8.18. The van der Waals surface area contributed by atoms with E-state index >= 15 is 0 Å². The molecule has 0 bridgehead atoms. The Morgan fingerprint density at radius 1 is 0.938 bits per heavy atom. The van der Waals surface area contributed by atoms with Gasteiger partial charge in [-0.3, -0.25) is 19.3 Å². The number of fused-ring (bicyclic) bond motifs is 2. The molecule has 3 aromatic carbocycles. The molecule has 0 unspecified atom stereocenters. The van der Waals surface area contributed by atoms with Crippen molar-refractivity contribution >= 4 is 56.6 Å². The van der Waals surface area contributed by atoms with E-state index in [2.05, 4.69) is 28.8 Å². The Morgan fingerprint density at radius 2 is 1.66 bits per heavy atom. The van der Waals surface area contributed by atoms with Crippen LogP contribution in [-0.2, 0) is 16.1 Å². The summed E-state index contributed by atoms with van der Waals surface area (Å²) in [5.41, 5.74) is 3.00. The van der Waals surface area contributed by atoms with Gasteiger partial charge in [0.1, 0.15) is 6.54 Å². The zero-order valence-corrected chi connectivity index (χ0v) is 17.7. The van der Waals surface area contributed by atoms with Gasteiger partial charge in [-0.25, -0.2) is 0 Å². The number of rotatable bonds is 5. The molecule has 1 saturated heterocycles. The van der Waals surface area contributed by atoms with Gasteiger partial charge < -0.3 is 9.67 Å². The van der Waals surface area contributed by atoms with E-state index in [-0.39, 0.29) is 4.91 Å². The Kier molecular flexibility index (Phi) is 5.03. The number of hydrogen-bond donors (Lipinski definition) is 1. The first-order valence-corrected chi connectivity index (χ1v) is 10.8. The summed E-state index contributed by atoms with van der Waals surface area (Å²) < 4.78 is 2.13. The van der Waals surface area contributed by atoms with Crippen LogP contribution in [0.5, 0.6) is 0 Å². The maximum absolute atomic E-state index is 12.6. The van der Waals surface area contributed by atoms with Crippen molar-refractivity contribution in [2.24, 2.45) is 0 Å². The summed E-state index contributed by atoms with van der Waals surface area (Å²) in [5.74, 6) is -1.80. The van der Waals surface area contributed by atoms with Crippen molar-refractivity contribution in [3.8, 4) is 0 Å². The molecular formula is C25H18N2O4S. The summed E-state index contributed by atoms with van der Waals surface area (Å²) in [5, 5.41) is 11.7. The fourth-order valence-corrected chi connectivity index (χ4v) is 4.88. The van der Waals surface area contributed by atoms with Gasteiger partial charge in [0.25, 0.3) is 11.1 Å². The van der Waals surface area contributed by atoms with Gasteiger partial charge in [0.15, 0.2) is 0 Å². The topological polar surface area (TPSA) is 79.6 Å². The number of amides is 2. The predicted molar refractivity (Wildman–Crippen MR) is 125 cm³/mol. The van der Waals surface area contributed by atoms with E-state index in [1.165, 1.54) is 16.3 Å². The maximum atomic E-state index is 12.6. The Bertz CT molecular complexity index is 1430. The SMILES string of the molecule is O=C(O)CN1C(=O)S/C(=C/c2cn(Cc3cccc4ccccc34)c3ccccc23)C1=O. The van der Waals surface area contributed by atoms with E-state index in [1.54, 1.807) is 6.08 Å². The second-order valence-electron chi connectivity index (χ2n) is 7.53. The fourth-order valence-electron chi connectivity index (χ4n) is 4.05. The van der Waals surface area contributed by atoms with E-state index in [0.717, 1.165) is 33.1 Å². The molecule has 1 aliphatic rings. The van der Waals surface area contributed by atoms with Crippen LogP contribution in [0.4, 0.5) is 4.79 Å². The summed E-state index contributed by atoms with van der Waals surface area (Å²) >= 11 is 0.768. The highest BCUT2D eigenvalue weighted by Crippen LogP contribution is 2.34. The molecular weight excluding hydrogens is 424 g/mol. The smallest absolute Gasteiger partial charge is 0.323 e. The van der Waals surface area contributed by atoms with Gasteiger partial charge in [0, 0.05) is 29.2 Å². The van der Waals surface area contributed by atoms with Crippen LogP contribution >= 0.6 is 11.8 Å². The van der Waals surface area contributed by atoms with Gasteiger partial charge in [-0.1, -0.05) is 60.7 Å². The van der Waals surface area contributed by atoms with E-state index in [4.69, 9.17) is 5.11 Å². The molecule has 1 aromatic heterocycles. The first kappa shape index (κ1) is 20.1. The van der Waals surface area contributed by atoms with E-state index < -0.39 is 23.7 Å². The molecule has 1 fully saturated rings. The van der Waals surface area contributed by atoms with Crippen molar-refractivity contribution in [1.29, 1.82) is 0 Å². The molecule has 158 valence electrons. The molecule has 1 aliphatic heterocycles. The third kappa shape index (κ3) is 3.56. The number of hydrogen-bond acceptors (Lipinski definition) is 4. The number of carbonyl (C=O) groups excluding carboxylic acids is 2. The van der Waals surface area contributed by atoms with Gasteiger partial charge in [-0.2, -0.15) is 0 Å². The minimum atomic E-state index is -1.22. The molecule has 7 heteroatoms. The fraction of sp³-hybridized carbons (Fsp3) is 0.0800. The number of nitrogens with zero attached hydrogens (tertiary/aromatic N) is 2. The minimum Gasteiger partial charge on any atom is -0.480 e. The van der Waals surface area contributed by atoms with Crippen molar-refractivity contribution in [3.63, 3.8) is 0 Å². The Balaban J connectivity index is 1.55. The molecule has 2 heterocycles. The third-order valence-corrected chi connectivity index (χ3v) is 6.40. The molecule has 0 atom stereocenters. The quantitative estimate of drug-likeness (QED) is 0.442. The first-order valence-electron chi connectivity index (χ1n) is 10.0. The van der Waals surface area contributed by atoms with Gasteiger partial charge in [0.05, 0.1) is 4.91 Å². The third-order valence-electron chi connectivity index (χ3n) is 5.49. The zero-order valence-electron chi connectivity index (χ0n) is 16.9. The number of imide groups is 1. The summed E-state index contributed by atoms with van der Waals surface area (Å²) in [6, 6.07) is 22.4. The number of carbonyl (C=O) groups is 3. The number of benzene rings is 3. The van der Waals surface area contributed by atoms with Crippen LogP contribution in [0.1, 0.15) is 11.1 Å². The molecule has 0 aliphatic carbocycles. The van der Waals surface area contributed by atoms with E-state index in [1.807, 2.05) is 48.7 Å². The molecule has 0 radical (unpaired) electrons. The number of carboxylic acid groups (broad SMARTS) is 1. The molecule has 0 saturated carbocycles. The normalized spacial score (nSPS) is 15.4. The molecule has 6 nitrogen and oxygen atoms in total. The van der Waals surface area contributed by atoms with Crippen molar-refractivity contribution < 1.29 is 19.5 Å². The average molecular weight is 442 g/mol. The first-order chi connectivity index (χ1) is 15.5. The van der Waals surface area contributed by atoms with Crippen LogP contribution < -0.4 is 0 Å². The Labute approximate surface area is 187 Å². The van der Waals surface area contributed by atoms with Crippen LogP contribution in [0.2, 0.25) is 0 Å². The second-order valence-corrected chi connectivity index (χ2v) is 8.52. The summed E-state index contributed by atoms with van der Waals surface area (Å²) in [6.07, 6.45) is 3.65. The van der Waals surface area contributed by atoms with E-state index in [0.29, 0.717) is 6.54 Å². The lowest BCUT2D eigenvalue weighted by atomic mass is 10.0. The van der Waals surface area contributed by atoms with Crippen LogP contribution in [0.25, 0.3) is 27.8 Å². The number of aromatic nitrogens is 1. The minimum absolute atomic E-state index is 0.226. The lowest BCUT2D eigenvalue weighted by molar-refractivity contribution is -0.140. The monoisotopic (exact) mass is 442 g/mol. The standard InChI is InChI=1S/C25H18N2O4S/c28-23(29)15-27-24(30)22(32-25(27)31)12-18-14-26(21-11-4-3-10-20(18)21)13-17-8-5-7-16-6-1-2-9-19(16)17/h1-12,14H,13,15H2,(H,28,29)/b22-12+. The summed E-state index contributed by atoms with van der Waals surface area (Å²) in [7, 11) is 0. The number of para-hydroxylation sites is 1. The molecule has 2 amide bonds. The second kappa shape index (κ2) is 8.01. The Morgan fingerprint density at radius 3 is 2.47 bits per heavy atom. The molecule has 5 rings (SSSR count). The molecule has 1 N–H and O–H groups in total. The van der Waals surface area contributed by atoms with Gasteiger partial charge in [-0.15, -0.1) is 0 Å². The summed E-state index contributed by atoms with van der Waals surface area (Å²) in [4.78, 5) is 36.7. The highest BCUT2D eigenvalue weighted by atomic mass is 32.2. The van der Waals surface area contributed by atoms with Crippen LogP contribution in [0.3, 0.4) is 0 Å². The molecule has 4 aromatic rings. The van der Waals surface area contributed by atoms with Crippen molar-refractivity contribution in [1.82, 2.24) is 9.47 Å². The van der Waals surface area contributed by atoms with Gasteiger partial charge in [-0.05, 0) is 40.2 Å².